The lowest BCUT2D eigenvalue weighted by molar-refractivity contribution is 0.0304. The highest BCUT2D eigenvalue weighted by Crippen LogP contribution is 2.25. The number of rotatable bonds is 7. The van der Waals surface area contributed by atoms with Gasteiger partial charge in [0, 0.05) is 12.0 Å². The summed E-state index contributed by atoms with van der Waals surface area (Å²) >= 11 is 0. The van der Waals surface area contributed by atoms with Crippen molar-refractivity contribution in [1.82, 2.24) is 15.0 Å². The summed E-state index contributed by atoms with van der Waals surface area (Å²) in [5.41, 5.74) is 0.501. The topological polar surface area (TPSA) is 86.5 Å². The van der Waals surface area contributed by atoms with Gasteiger partial charge in [0.1, 0.15) is 0 Å². The van der Waals surface area contributed by atoms with Gasteiger partial charge in [-0.05, 0) is 13.8 Å². The molecule has 1 aromatic rings. The van der Waals surface area contributed by atoms with Gasteiger partial charge < -0.3 is 14.6 Å². The molecule has 0 amide bonds. The van der Waals surface area contributed by atoms with Crippen LogP contribution in [0.4, 0.5) is 0 Å². The van der Waals surface area contributed by atoms with Crippen LogP contribution in [0, 0.1) is 0 Å². The van der Waals surface area contributed by atoms with E-state index < -0.39 is 12.1 Å². The Morgan fingerprint density at radius 1 is 1.33 bits per heavy atom. The van der Waals surface area contributed by atoms with Crippen LogP contribution in [0.1, 0.15) is 50.8 Å². The second-order valence-corrected chi connectivity index (χ2v) is 5.75. The number of nitrogens with zero attached hydrogens (tertiary/aromatic N) is 3. The van der Waals surface area contributed by atoms with Crippen molar-refractivity contribution in [3.8, 4) is 0 Å². The van der Waals surface area contributed by atoms with Crippen LogP contribution < -0.4 is 0 Å². The van der Waals surface area contributed by atoms with Crippen LogP contribution in [0.2, 0.25) is 0 Å². The molecule has 0 saturated heterocycles. The molecule has 0 aliphatic carbocycles. The average Bonchev–Trinajstić information content (AvgIpc) is 2.80. The van der Waals surface area contributed by atoms with Crippen LogP contribution in [-0.4, -0.2) is 52.0 Å². The molecule has 7 heteroatoms. The number of hydrogen-bond donors (Lipinski definition) is 1. The van der Waals surface area contributed by atoms with Gasteiger partial charge in [0.05, 0.1) is 31.6 Å². The Bertz CT molecular complexity index is 465. The van der Waals surface area contributed by atoms with Crippen molar-refractivity contribution >= 4 is 5.97 Å². The second-order valence-electron chi connectivity index (χ2n) is 5.75. The summed E-state index contributed by atoms with van der Waals surface area (Å²) in [6, 6.07) is 0. The fourth-order valence-electron chi connectivity index (χ4n) is 2.03. The molecule has 0 spiro atoms. The highest BCUT2D eigenvalue weighted by Gasteiger charge is 2.30. The molecule has 0 fully saturated rings. The standard InChI is InChI=1S/C14H25N3O4/c1-6-20-9-10(18)8-17-12(14(3,4)5)11(15-16-17)13(19)21-7-2/h10,18H,6-9H2,1-5H3. The molecule has 1 rings (SSSR count). The lowest BCUT2D eigenvalue weighted by atomic mass is 9.90. The van der Waals surface area contributed by atoms with E-state index in [1.54, 1.807) is 11.6 Å². The van der Waals surface area contributed by atoms with E-state index in [9.17, 15) is 9.90 Å². The van der Waals surface area contributed by atoms with Gasteiger partial charge in [-0.25, -0.2) is 9.48 Å². The molecule has 0 radical (unpaired) electrons. The predicted molar refractivity (Wildman–Crippen MR) is 77.2 cm³/mol. The lowest BCUT2D eigenvalue weighted by Crippen LogP contribution is -2.28. The smallest absolute Gasteiger partial charge is 0.360 e. The molecule has 7 nitrogen and oxygen atoms in total. The zero-order chi connectivity index (χ0) is 16.0. The first kappa shape index (κ1) is 17.6. The molecule has 0 saturated carbocycles. The molecule has 1 unspecified atom stereocenters. The van der Waals surface area contributed by atoms with Crippen LogP contribution in [0.15, 0.2) is 0 Å². The summed E-state index contributed by atoms with van der Waals surface area (Å²) in [6.07, 6.45) is -0.706. The van der Waals surface area contributed by atoms with E-state index in [1.807, 2.05) is 27.7 Å². The minimum absolute atomic E-state index is 0.202. The van der Waals surface area contributed by atoms with Gasteiger partial charge in [-0.2, -0.15) is 0 Å². The zero-order valence-corrected chi connectivity index (χ0v) is 13.4. The van der Waals surface area contributed by atoms with Gasteiger partial charge in [-0.3, -0.25) is 0 Å². The number of esters is 1. The summed E-state index contributed by atoms with van der Waals surface area (Å²) in [5.74, 6) is -0.493. The Kier molecular flexibility index (Phi) is 6.29. The maximum atomic E-state index is 12.0. The Labute approximate surface area is 125 Å². The van der Waals surface area contributed by atoms with Crippen molar-refractivity contribution in [2.45, 2.75) is 52.7 Å². The number of aliphatic hydroxyl groups is 1. The summed E-state index contributed by atoms with van der Waals surface area (Å²) in [4.78, 5) is 12.0. The highest BCUT2D eigenvalue weighted by molar-refractivity contribution is 5.88. The average molecular weight is 299 g/mol. The third-order valence-electron chi connectivity index (χ3n) is 2.81. The van der Waals surface area contributed by atoms with E-state index in [-0.39, 0.29) is 30.9 Å². The number of ether oxygens (including phenoxy) is 2. The second kappa shape index (κ2) is 7.51. The third-order valence-corrected chi connectivity index (χ3v) is 2.81. The van der Waals surface area contributed by atoms with Crippen LogP contribution in [-0.2, 0) is 21.4 Å². The Hall–Kier alpha value is -1.47. The van der Waals surface area contributed by atoms with Gasteiger partial charge in [0.25, 0.3) is 0 Å². The van der Waals surface area contributed by atoms with Crippen LogP contribution in [0.5, 0.6) is 0 Å². The van der Waals surface area contributed by atoms with Crippen molar-refractivity contribution in [2.75, 3.05) is 19.8 Å². The molecule has 21 heavy (non-hydrogen) atoms. The van der Waals surface area contributed by atoms with Crippen molar-refractivity contribution in [2.24, 2.45) is 0 Å². The molecule has 0 bridgehead atoms. The minimum Gasteiger partial charge on any atom is -0.461 e. The first-order valence-electron chi connectivity index (χ1n) is 7.18. The number of hydrogen-bond acceptors (Lipinski definition) is 6. The van der Waals surface area contributed by atoms with Crippen LogP contribution >= 0.6 is 0 Å². The van der Waals surface area contributed by atoms with Crippen molar-refractivity contribution in [3.05, 3.63) is 11.4 Å². The van der Waals surface area contributed by atoms with E-state index in [2.05, 4.69) is 10.3 Å². The Morgan fingerprint density at radius 3 is 2.52 bits per heavy atom. The molecule has 0 aliphatic heterocycles. The van der Waals surface area contributed by atoms with Gasteiger partial charge >= 0.3 is 5.97 Å². The van der Waals surface area contributed by atoms with Gasteiger partial charge in [0.15, 0.2) is 5.69 Å². The molecular formula is C14H25N3O4. The summed E-state index contributed by atoms with van der Waals surface area (Å²) in [7, 11) is 0. The number of aromatic nitrogens is 3. The Balaban J connectivity index is 3.02. The molecule has 1 atom stereocenters. The molecular weight excluding hydrogens is 274 g/mol. The first-order chi connectivity index (χ1) is 9.81. The predicted octanol–water partition coefficient (Wildman–Crippen LogP) is 1.15. The van der Waals surface area contributed by atoms with E-state index in [0.29, 0.717) is 12.3 Å². The fraction of sp³-hybridized carbons (Fsp3) is 0.786. The summed E-state index contributed by atoms with van der Waals surface area (Å²) in [6.45, 7) is 10.7. The van der Waals surface area contributed by atoms with Crippen molar-refractivity contribution in [1.29, 1.82) is 0 Å². The lowest BCUT2D eigenvalue weighted by Gasteiger charge is -2.22. The number of carbonyl (C=O) groups is 1. The minimum atomic E-state index is -0.706. The third kappa shape index (κ3) is 4.78. The molecule has 1 heterocycles. The Morgan fingerprint density at radius 2 is 2.00 bits per heavy atom. The molecule has 1 N–H and O–H groups in total. The number of carbonyl (C=O) groups excluding carboxylic acids is 1. The molecule has 1 aromatic heterocycles. The van der Waals surface area contributed by atoms with E-state index in [4.69, 9.17) is 9.47 Å². The van der Waals surface area contributed by atoms with E-state index in [0.717, 1.165) is 0 Å². The summed E-state index contributed by atoms with van der Waals surface area (Å²) < 4.78 is 11.7. The normalized spacial score (nSPS) is 13.2. The highest BCUT2D eigenvalue weighted by atomic mass is 16.5. The van der Waals surface area contributed by atoms with Crippen LogP contribution in [0.25, 0.3) is 0 Å². The zero-order valence-electron chi connectivity index (χ0n) is 13.4. The van der Waals surface area contributed by atoms with Crippen molar-refractivity contribution < 1.29 is 19.4 Å². The van der Waals surface area contributed by atoms with Crippen LogP contribution in [0.3, 0.4) is 0 Å². The molecule has 120 valence electrons. The van der Waals surface area contributed by atoms with Crippen molar-refractivity contribution in [3.63, 3.8) is 0 Å². The number of aliphatic hydroxyl groups excluding tert-OH is 1. The fourth-order valence-corrected chi connectivity index (χ4v) is 2.03. The maximum absolute atomic E-state index is 12.0. The van der Waals surface area contributed by atoms with Gasteiger partial charge in [0.2, 0.25) is 0 Å². The largest absolute Gasteiger partial charge is 0.461 e. The van der Waals surface area contributed by atoms with E-state index in [1.165, 1.54) is 0 Å². The SMILES string of the molecule is CCOCC(O)Cn1nnc(C(=O)OCC)c1C(C)(C)C. The molecule has 0 aromatic carbocycles. The summed E-state index contributed by atoms with van der Waals surface area (Å²) in [5, 5.41) is 17.9. The van der Waals surface area contributed by atoms with Gasteiger partial charge in [-0.1, -0.05) is 26.0 Å². The van der Waals surface area contributed by atoms with E-state index >= 15 is 0 Å². The van der Waals surface area contributed by atoms with Gasteiger partial charge in [-0.15, -0.1) is 5.10 Å². The first-order valence-corrected chi connectivity index (χ1v) is 7.18. The maximum Gasteiger partial charge on any atom is 0.360 e. The monoisotopic (exact) mass is 299 g/mol. The molecule has 0 aliphatic rings. The quantitative estimate of drug-likeness (QED) is 0.760.